The molecule has 1 fully saturated rings. The zero-order chi connectivity index (χ0) is 16.4. The van der Waals surface area contributed by atoms with Crippen LogP contribution in [0.1, 0.15) is 33.7 Å². The van der Waals surface area contributed by atoms with Gasteiger partial charge in [-0.3, -0.25) is 14.9 Å². The van der Waals surface area contributed by atoms with Gasteiger partial charge in [0.05, 0.1) is 0 Å². The molecule has 0 spiro atoms. The number of carbonyl (C=O) groups excluding carboxylic acids is 2. The van der Waals surface area contributed by atoms with Gasteiger partial charge < -0.3 is 5.32 Å². The van der Waals surface area contributed by atoms with Gasteiger partial charge in [0.2, 0.25) is 0 Å². The van der Waals surface area contributed by atoms with Crippen LogP contribution in [0, 0.1) is 17.6 Å². The van der Waals surface area contributed by atoms with Gasteiger partial charge in [0, 0.05) is 23.6 Å². The summed E-state index contributed by atoms with van der Waals surface area (Å²) in [5.41, 5.74) is 0.0498. The van der Waals surface area contributed by atoms with Crippen molar-refractivity contribution >= 4 is 28.3 Å². The largest absolute Gasteiger partial charge is 0.350 e. The monoisotopic (exact) mass is 337 g/mol. The van der Waals surface area contributed by atoms with Crippen molar-refractivity contribution in [1.29, 1.82) is 0 Å². The first-order valence-electron chi connectivity index (χ1n) is 7.02. The van der Waals surface area contributed by atoms with E-state index in [1.165, 1.54) is 5.38 Å². The van der Waals surface area contributed by atoms with Crippen molar-refractivity contribution < 1.29 is 18.4 Å². The summed E-state index contributed by atoms with van der Waals surface area (Å²) < 4.78 is 26.2. The molecule has 23 heavy (non-hydrogen) atoms. The highest BCUT2D eigenvalue weighted by atomic mass is 32.1. The fourth-order valence-corrected chi connectivity index (χ4v) is 2.62. The third-order valence-corrected chi connectivity index (χ3v) is 4.09. The molecule has 5 nitrogen and oxygen atoms in total. The number of rotatable bonds is 5. The molecular formula is C15H13F2N3O2S. The minimum Gasteiger partial charge on any atom is -0.350 e. The highest BCUT2D eigenvalue weighted by Crippen LogP contribution is 2.27. The van der Waals surface area contributed by atoms with E-state index in [1.54, 1.807) is 0 Å². The molecule has 2 aromatic rings. The van der Waals surface area contributed by atoms with Crippen LogP contribution in [0.4, 0.5) is 13.9 Å². The summed E-state index contributed by atoms with van der Waals surface area (Å²) >= 11 is 1.07. The van der Waals surface area contributed by atoms with Gasteiger partial charge in [-0.15, -0.1) is 11.3 Å². The van der Waals surface area contributed by atoms with Crippen molar-refractivity contribution in [3.05, 3.63) is 46.5 Å². The Kier molecular flexibility index (Phi) is 4.33. The summed E-state index contributed by atoms with van der Waals surface area (Å²) in [5.74, 6) is -2.11. The molecule has 0 aliphatic heterocycles. The second-order valence-electron chi connectivity index (χ2n) is 5.30. The lowest BCUT2D eigenvalue weighted by Gasteiger charge is -2.02. The molecule has 1 aromatic carbocycles. The number of thiazole rings is 1. The van der Waals surface area contributed by atoms with Gasteiger partial charge in [0.25, 0.3) is 11.8 Å². The average Bonchev–Trinajstić information content (AvgIpc) is 3.21. The van der Waals surface area contributed by atoms with Gasteiger partial charge in [0.1, 0.15) is 17.3 Å². The highest BCUT2D eigenvalue weighted by molar-refractivity contribution is 7.14. The Morgan fingerprint density at radius 3 is 2.52 bits per heavy atom. The van der Waals surface area contributed by atoms with Gasteiger partial charge in [-0.2, -0.15) is 0 Å². The normalized spacial score (nSPS) is 13.7. The van der Waals surface area contributed by atoms with Gasteiger partial charge in [-0.05, 0) is 30.9 Å². The number of carbonyl (C=O) groups is 2. The molecule has 2 amide bonds. The topological polar surface area (TPSA) is 71.1 Å². The first kappa shape index (κ1) is 15.5. The third kappa shape index (κ3) is 4.10. The van der Waals surface area contributed by atoms with E-state index in [9.17, 15) is 18.4 Å². The number of nitrogens with one attached hydrogen (secondary N) is 2. The number of nitrogens with zero attached hydrogens (tertiary/aromatic N) is 1. The Bertz CT molecular complexity index is 739. The van der Waals surface area contributed by atoms with Crippen molar-refractivity contribution in [3.8, 4) is 0 Å². The summed E-state index contributed by atoms with van der Waals surface area (Å²) in [6.45, 7) is 0.626. The Morgan fingerprint density at radius 1 is 1.17 bits per heavy atom. The molecule has 2 N–H and O–H groups in total. The van der Waals surface area contributed by atoms with Crippen LogP contribution in [0.2, 0.25) is 0 Å². The lowest BCUT2D eigenvalue weighted by atomic mass is 10.2. The maximum absolute atomic E-state index is 13.1. The van der Waals surface area contributed by atoms with Crippen LogP contribution in [0.3, 0.4) is 0 Å². The van der Waals surface area contributed by atoms with Crippen LogP contribution in [-0.2, 0) is 0 Å². The number of benzene rings is 1. The van der Waals surface area contributed by atoms with E-state index in [1.807, 2.05) is 0 Å². The van der Waals surface area contributed by atoms with E-state index in [-0.39, 0.29) is 22.3 Å². The van der Waals surface area contributed by atoms with Crippen molar-refractivity contribution in [2.75, 3.05) is 11.9 Å². The fraction of sp³-hybridized carbons (Fsp3) is 0.267. The van der Waals surface area contributed by atoms with E-state index in [0.29, 0.717) is 18.5 Å². The maximum atomic E-state index is 13.1. The van der Waals surface area contributed by atoms with Crippen molar-refractivity contribution in [2.45, 2.75) is 12.8 Å². The Labute approximate surface area is 134 Å². The van der Waals surface area contributed by atoms with E-state index >= 15 is 0 Å². The summed E-state index contributed by atoms with van der Waals surface area (Å²) in [6.07, 6.45) is 2.26. The molecule has 0 unspecified atom stereocenters. The molecule has 1 heterocycles. The van der Waals surface area contributed by atoms with Crippen molar-refractivity contribution in [1.82, 2.24) is 10.3 Å². The molecule has 0 atom stereocenters. The average molecular weight is 337 g/mol. The van der Waals surface area contributed by atoms with E-state index in [2.05, 4.69) is 15.6 Å². The van der Waals surface area contributed by atoms with Crippen molar-refractivity contribution in [3.63, 3.8) is 0 Å². The minimum absolute atomic E-state index is 0.155. The SMILES string of the molecule is O=C(Nc1nc(C(=O)NCC2CC2)cs1)c1cc(F)cc(F)c1. The van der Waals surface area contributed by atoms with Crippen LogP contribution in [0.15, 0.2) is 23.6 Å². The Hall–Kier alpha value is -2.35. The summed E-state index contributed by atoms with van der Waals surface area (Å²) in [4.78, 5) is 27.8. The van der Waals surface area contributed by atoms with Crippen LogP contribution >= 0.6 is 11.3 Å². The predicted molar refractivity (Wildman–Crippen MR) is 81.5 cm³/mol. The quantitative estimate of drug-likeness (QED) is 0.881. The fourth-order valence-electron chi connectivity index (χ4n) is 1.94. The maximum Gasteiger partial charge on any atom is 0.270 e. The third-order valence-electron chi connectivity index (χ3n) is 3.33. The van der Waals surface area contributed by atoms with E-state index in [4.69, 9.17) is 0 Å². The molecular weight excluding hydrogens is 324 g/mol. The molecule has 1 saturated carbocycles. The van der Waals surface area contributed by atoms with Crippen molar-refractivity contribution in [2.24, 2.45) is 5.92 Å². The van der Waals surface area contributed by atoms with Crippen LogP contribution in [0.5, 0.6) is 0 Å². The van der Waals surface area contributed by atoms with Gasteiger partial charge >= 0.3 is 0 Å². The number of amides is 2. The molecule has 0 saturated heterocycles. The van der Waals surface area contributed by atoms with E-state index < -0.39 is 17.5 Å². The molecule has 8 heteroatoms. The highest BCUT2D eigenvalue weighted by Gasteiger charge is 2.22. The first-order valence-corrected chi connectivity index (χ1v) is 7.90. The molecule has 0 bridgehead atoms. The first-order chi connectivity index (χ1) is 11.0. The zero-order valence-corrected chi connectivity index (χ0v) is 12.8. The number of hydrogen-bond acceptors (Lipinski definition) is 4. The Balaban J connectivity index is 1.63. The molecule has 1 aromatic heterocycles. The molecule has 120 valence electrons. The Morgan fingerprint density at radius 2 is 1.87 bits per heavy atom. The number of anilines is 1. The zero-order valence-electron chi connectivity index (χ0n) is 11.9. The molecule has 0 radical (unpaired) electrons. The molecule has 1 aliphatic carbocycles. The van der Waals surface area contributed by atoms with Crippen LogP contribution in [0.25, 0.3) is 0 Å². The standard InChI is InChI=1S/C15H13F2N3O2S/c16-10-3-9(4-11(17)5-10)13(21)20-15-19-12(7-23-15)14(22)18-6-8-1-2-8/h3-5,7-8H,1-2,6H2,(H,18,22)(H,19,20,21). The summed E-state index contributed by atoms with van der Waals surface area (Å²) in [6, 6.07) is 2.53. The van der Waals surface area contributed by atoms with Gasteiger partial charge in [-0.25, -0.2) is 13.8 Å². The molecule has 1 aliphatic rings. The number of hydrogen-bond donors (Lipinski definition) is 2. The second-order valence-corrected chi connectivity index (χ2v) is 6.16. The lowest BCUT2D eigenvalue weighted by Crippen LogP contribution is -2.25. The minimum atomic E-state index is -0.838. The summed E-state index contributed by atoms with van der Waals surface area (Å²) in [7, 11) is 0. The second kappa shape index (κ2) is 6.41. The van der Waals surface area contributed by atoms with Crippen LogP contribution < -0.4 is 10.6 Å². The molecule has 3 rings (SSSR count). The van der Waals surface area contributed by atoms with Gasteiger partial charge in [0.15, 0.2) is 5.13 Å². The summed E-state index contributed by atoms with van der Waals surface area (Å²) in [5, 5.41) is 6.90. The number of halogens is 2. The van der Waals surface area contributed by atoms with Crippen LogP contribution in [-0.4, -0.2) is 23.3 Å². The van der Waals surface area contributed by atoms with Gasteiger partial charge in [-0.1, -0.05) is 0 Å². The van der Waals surface area contributed by atoms with E-state index in [0.717, 1.165) is 36.3 Å². The smallest absolute Gasteiger partial charge is 0.270 e. The lowest BCUT2D eigenvalue weighted by molar-refractivity contribution is 0.0946. The predicted octanol–water partition coefficient (Wildman–Crippen LogP) is 2.81. The number of aromatic nitrogens is 1.